The second-order valence-corrected chi connectivity index (χ2v) is 6.60. The van der Waals surface area contributed by atoms with Crippen molar-refractivity contribution < 1.29 is 23.8 Å². The summed E-state index contributed by atoms with van der Waals surface area (Å²) < 4.78 is 16.6. The molecule has 0 fully saturated rings. The van der Waals surface area contributed by atoms with Gasteiger partial charge in [-0.3, -0.25) is 0 Å². The maximum atomic E-state index is 12.1. The van der Waals surface area contributed by atoms with Crippen LogP contribution in [-0.4, -0.2) is 22.8 Å². The molecule has 2 aromatic rings. The van der Waals surface area contributed by atoms with Crippen LogP contribution in [0.5, 0.6) is 5.75 Å². The Labute approximate surface area is 144 Å². The van der Waals surface area contributed by atoms with E-state index in [2.05, 4.69) is 0 Å². The van der Waals surface area contributed by atoms with Crippen molar-refractivity contribution in [3.8, 4) is 5.75 Å². The maximum Gasteiger partial charge on any atom is 0.336 e. The van der Waals surface area contributed by atoms with E-state index in [1.165, 1.54) is 6.07 Å². The molecule has 0 saturated heterocycles. The number of allylic oxidation sites excluding steroid dienone is 1. The number of fused-ring (bicyclic) bond motifs is 3. The molecule has 0 radical (unpaired) electrons. The maximum absolute atomic E-state index is 12.1. The Morgan fingerprint density at radius 3 is 2.64 bits per heavy atom. The third kappa shape index (κ3) is 2.93. The zero-order chi connectivity index (χ0) is 18.4. The fourth-order valence-corrected chi connectivity index (χ4v) is 2.89. The predicted molar refractivity (Wildman–Crippen MR) is 91.5 cm³/mol. The van der Waals surface area contributed by atoms with Gasteiger partial charge in [0.2, 0.25) is 0 Å². The first-order chi connectivity index (χ1) is 11.7. The van der Waals surface area contributed by atoms with E-state index in [9.17, 15) is 14.7 Å². The first-order valence-electron chi connectivity index (χ1n) is 8.02. The van der Waals surface area contributed by atoms with Gasteiger partial charge in [-0.15, -0.1) is 0 Å². The second-order valence-electron chi connectivity index (χ2n) is 6.60. The van der Waals surface area contributed by atoms with Gasteiger partial charge in [-0.25, -0.2) is 9.59 Å². The molecular weight excluding hydrogens is 324 g/mol. The van der Waals surface area contributed by atoms with Crippen LogP contribution in [0.4, 0.5) is 0 Å². The molecule has 2 heterocycles. The summed E-state index contributed by atoms with van der Waals surface area (Å²) in [5, 5.41) is 11.5. The van der Waals surface area contributed by atoms with E-state index in [1.54, 1.807) is 52.0 Å². The molecule has 1 N–H and O–H groups in total. The molecule has 2 atom stereocenters. The third-order valence-electron chi connectivity index (χ3n) is 4.42. The van der Waals surface area contributed by atoms with Crippen LogP contribution in [0.15, 0.2) is 45.1 Å². The summed E-state index contributed by atoms with van der Waals surface area (Å²) in [7, 11) is 0. The second kappa shape index (κ2) is 6.04. The minimum Gasteiger partial charge on any atom is -0.483 e. The Bertz CT molecular complexity index is 921. The Morgan fingerprint density at radius 1 is 1.28 bits per heavy atom. The van der Waals surface area contributed by atoms with E-state index < -0.39 is 29.4 Å². The summed E-state index contributed by atoms with van der Waals surface area (Å²) in [5.41, 5.74) is -0.458. The van der Waals surface area contributed by atoms with Crippen molar-refractivity contribution in [2.24, 2.45) is 0 Å². The number of carbonyl (C=O) groups is 1. The Balaban J connectivity index is 1.98. The molecule has 1 aromatic carbocycles. The molecule has 0 spiro atoms. The summed E-state index contributed by atoms with van der Waals surface area (Å²) in [6, 6.07) is 6.40. The lowest BCUT2D eigenvalue weighted by atomic mass is 9.93. The first kappa shape index (κ1) is 17.2. The van der Waals surface area contributed by atoms with E-state index >= 15 is 0 Å². The van der Waals surface area contributed by atoms with Gasteiger partial charge in [0.15, 0.2) is 6.10 Å². The van der Waals surface area contributed by atoms with Crippen LogP contribution in [0.25, 0.3) is 11.0 Å². The molecule has 0 bridgehead atoms. The minimum atomic E-state index is -1.10. The van der Waals surface area contributed by atoms with Crippen LogP contribution in [0.3, 0.4) is 0 Å². The van der Waals surface area contributed by atoms with Crippen molar-refractivity contribution in [1.29, 1.82) is 0 Å². The highest BCUT2D eigenvalue weighted by atomic mass is 16.6. The third-order valence-corrected chi connectivity index (χ3v) is 4.42. The highest BCUT2D eigenvalue weighted by Crippen LogP contribution is 2.45. The summed E-state index contributed by atoms with van der Waals surface area (Å²) in [6.07, 6.45) is -0.272. The summed E-state index contributed by atoms with van der Waals surface area (Å²) >= 11 is 0. The number of rotatable bonds is 3. The number of benzene rings is 1. The van der Waals surface area contributed by atoms with E-state index in [4.69, 9.17) is 13.9 Å². The van der Waals surface area contributed by atoms with Gasteiger partial charge in [0.1, 0.15) is 23.0 Å². The lowest BCUT2D eigenvalue weighted by Gasteiger charge is -2.32. The van der Waals surface area contributed by atoms with Gasteiger partial charge >= 0.3 is 11.6 Å². The van der Waals surface area contributed by atoms with Gasteiger partial charge in [-0.2, -0.15) is 0 Å². The molecule has 6 heteroatoms. The Morgan fingerprint density at radius 2 is 1.96 bits per heavy atom. The number of hydrogen-bond acceptors (Lipinski definition) is 6. The van der Waals surface area contributed by atoms with Gasteiger partial charge in [0.25, 0.3) is 0 Å². The number of aliphatic hydroxyl groups excluding tert-OH is 1. The van der Waals surface area contributed by atoms with Crippen molar-refractivity contribution in [3.63, 3.8) is 0 Å². The molecule has 0 aliphatic carbocycles. The summed E-state index contributed by atoms with van der Waals surface area (Å²) in [4.78, 5) is 23.7. The predicted octanol–water partition coefficient (Wildman–Crippen LogP) is 2.88. The molecule has 0 unspecified atom stereocenters. The van der Waals surface area contributed by atoms with E-state index in [1.807, 2.05) is 0 Å². The fourth-order valence-electron chi connectivity index (χ4n) is 2.89. The lowest BCUT2D eigenvalue weighted by molar-refractivity contribution is -0.165. The number of carbonyl (C=O) groups excluding carboxylic acids is 1. The summed E-state index contributed by atoms with van der Waals surface area (Å²) in [6.45, 7) is 6.74. The van der Waals surface area contributed by atoms with Gasteiger partial charge in [0.05, 0.1) is 5.56 Å². The topological polar surface area (TPSA) is 86.0 Å². The molecule has 25 heavy (non-hydrogen) atoms. The monoisotopic (exact) mass is 344 g/mol. The number of esters is 1. The number of hydrogen-bond donors (Lipinski definition) is 1. The van der Waals surface area contributed by atoms with E-state index in [0.29, 0.717) is 22.3 Å². The minimum absolute atomic E-state index is 0.284. The smallest absolute Gasteiger partial charge is 0.336 e. The van der Waals surface area contributed by atoms with Crippen LogP contribution in [-0.2, 0) is 9.53 Å². The zero-order valence-electron chi connectivity index (χ0n) is 14.5. The molecule has 1 aliphatic rings. The normalized spacial score (nSPS) is 20.3. The molecule has 3 rings (SSSR count). The van der Waals surface area contributed by atoms with Gasteiger partial charge < -0.3 is 19.0 Å². The van der Waals surface area contributed by atoms with Gasteiger partial charge in [0, 0.05) is 17.0 Å². The molecule has 0 amide bonds. The molecule has 0 saturated carbocycles. The highest BCUT2D eigenvalue weighted by molar-refractivity contribution is 5.88. The van der Waals surface area contributed by atoms with Crippen LogP contribution >= 0.6 is 0 Å². The van der Waals surface area contributed by atoms with Crippen molar-refractivity contribution in [2.45, 2.75) is 45.5 Å². The fraction of sp³-hybridized carbons (Fsp3) is 0.368. The Kier molecular flexibility index (Phi) is 4.16. The SMILES string of the molecule is CC=C(C)C(=O)OC(C)(C)[C@@H]1Oc2ccc3ccc(=O)oc3c2[C@H]1O. The van der Waals surface area contributed by atoms with Gasteiger partial charge in [-0.1, -0.05) is 6.08 Å². The van der Waals surface area contributed by atoms with Crippen molar-refractivity contribution in [2.75, 3.05) is 0 Å². The number of aliphatic hydroxyl groups is 1. The molecule has 132 valence electrons. The van der Waals surface area contributed by atoms with Crippen molar-refractivity contribution >= 4 is 16.9 Å². The van der Waals surface area contributed by atoms with Crippen molar-refractivity contribution in [1.82, 2.24) is 0 Å². The van der Waals surface area contributed by atoms with Gasteiger partial charge in [-0.05, 0) is 45.9 Å². The average Bonchev–Trinajstić information content (AvgIpc) is 2.91. The molecular formula is C19H20O6. The quantitative estimate of drug-likeness (QED) is 0.523. The average molecular weight is 344 g/mol. The summed E-state index contributed by atoms with van der Waals surface area (Å²) in [5.74, 6) is -0.0677. The van der Waals surface area contributed by atoms with Crippen molar-refractivity contribution in [3.05, 3.63) is 51.9 Å². The number of ether oxygens (including phenoxy) is 2. The van der Waals surface area contributed by atoms with Crippen LogP contribution < -0.4 is 10.4 Å². The van der Waals surface area contributed by atoms with E-state index in [-0.39, 0.29) is 5.58 Å². The first-order valence-corrected chi connectivity index (χ1v) is 8.02. The Hall–Kier alpha value is -2.60. The van der Waals surface area contributed by atoms with Crippen LogP contribution in [0, 0.1) is 0 Å². The van der Waals surface area contributed by atoms with Crippen LogP contribution in [0.1, 0.15) is 39.4 Å². The van der Waals surface area contributed by atoms with Crippen LogP contribution in [0.2, 0.25) is 0 Å². The molecule has 1 aromatic heterocycles. The highest BCUT2D eigenvalue weighted by Gasteiger charge is 2.47. The lowest BCUT2D eigenvalue weighted by Crippen LogP contribution is -2.45. The zero-order valence-corrected chi connectivity index (χ0v) is 14.5. The molecule has 6 nitrogen and oxygen atoms in total. The largest absolute Gasteiger partial charge is 0.483 e. The standard InChI is InChI=1S/C19H20O6/c1-5-10(2)18(22)25-19(3,4)17-15(21)14-12(23-17)8-6-11-7-9-13(20)24-16(11)14/h5-9,15,17,21H,1-4H3/t15-,17-/m1/s1. The molecule has 1 aliphatic heterocycles. The van der Waals surface area contributed by atoms with E-state index in [0.717, 1.165) is 0 Å².